The summed E-state index contributed by atoms with van der Waals surface area (Å²) >= 11 is 0. The van der Waals surface area contributed by atoms with E-state index in [1.54, 1.807) is 24.3 Å². The lowest BCUT2D eigenvalue weighted by Crippen LogP contribution is -2.47. The maximum absolute atomic E-state index is 13.7. The molecule has 2 N–H and O–H groups in total. The number of hydrogen-bond donors (Lipinski definition) is 2. The molecule has 1 saturated carbocycles. The van der Waals surface area contributed by atoms with Crippen molar-refractivity contribution in [1.29, 1.82) is 0 Å². The van der Waals surface area contributed by atoms with Gasteiger partial charge in [-0.05, 0) is 79.3 Å². The molecule has 0 bridgehead atoms. The number of alkyl carbamates (subject to hydrolysis) is 1. The molecule has 0 saturated heterocycles. The Labute approximate surface area is 254 Å². The number of nitrogens with zero attached hydrogens (tertiary/aromatic N) is 1. The number of benzene rings is 3. The molecule has 0 aromatic heterocycles. The molecule has 0 radical (unpaired) electrons. The predicted octanol–water partition coefficient (Wildman–Crippen LogP) is 6.34. The third-order valence-electron chi connectivity index (χ3n) is 8.69. The zero-order valence-electron chi connectivity index (χ0n) is 24.6. The van der Waals surface area contributed by atoms with Gasteiger partial charge in [-0.15, -0.1) is 0 Å². The number of carboxylic acids is 1. The van der Waals surface area contributed by atoms with Gasteiger partial charge in [-0.2, -0.15) is 4.31 Å². The van der Waals surface area contributed by atoms with Crippen LogP contribution < -0.4 is 5.32 Å². The number of aliphatic carboxylic acids is 1. The van der Waals surface area contributed by atoms with Crippen LogP contribution in [0.2, 0.25) is 0 Å². The van der Waals surface area contributed by atoms with Gasteiger partial charge in [0, 0.05) is 19.0 Å². The average molecular weight is 605 g/mol. The summed E-state index contributed by atoms with van der Waals surface area (Å²) < 4.78 is 34.2. The van der Waals surface area contributed by atoms with Gasteiger partial charge in [0.05, 0.1) is 4.90 Å². The molecule has 0 heterocycles. The van der Waals surface area contributed by atoms with E-state index >= 15 is 0 Å². The first-order valence-electron chi connectivity index (χ1n) is 15.2. The molecule has 43 heavy (non-hydrogen) atoms. The van der Waals surface area contributed by atoms with E-state index in [1.165, 1.54) is 4.31 Å². The maximum atomic E-state index is 13.7. The number of amides is 1. The topological polar surface area (TPSA) is 113 Å². The summed E-state index contributed by atoms with van der Waals surface area (Å²) in [4.78, 5) is 25.0. The predicted molar refractivity (Wildman–Crippen MR) is 165 cm³/mol. The quantitative estimate of drug-likeness (QED) is 0.220. The SMILES string of the molecule is Cc1ccc(S(=O)(=O)N(CC2CCCC2)[C@@H](CCCCNC(=O)OCC2c3ccccc3-c3ccccc32)C(=O)O)cc1. The van der Waals surface area contributed by atoms with Crippen molar-refractivity contribution in [1.82, 2.24) is 9.62 Å². The molecular weight excluding hydrogens is 564 g/mol. The third-order valence-corrected chi connectivity index (χ3v) is 10.6. The molecule has 3 aromatic carbocycles. The standard InChI is InChI=1S/C34H40N2O6S/c1-24-17-19-26(20-18-24)43(40,41)36(22-25-10-2-3-11-25)32(33(37)38)16-8-9-21-35-34(39)42-23-31-29-14-6-4-12-27(29)28-13-5-7-15-30(28)31/h4-7,12-15,17-20,25,31-32H,2-3,8-11,16,21-23H2,1H3,(H,35,39)(H,37,38)/t32-/m0/s1. The fraction of sp³-hybridized carbons (Fsp3) is 0.412. The largest absolute Gasteiger partial charge is 0.480 e. The van der Waals surface area contributed by atoms with Gasteiger partial charge in [0.25, 0.3) is 0 Å². The van der Waals surface area contributed by atoms with Crippen LogP contribution in [0.1, 0.15) is 67.6 Å². The van der Waals surface area contributed by atoms with Crippen molar-refractivity contribution in [3.8, 4) is 11.1 Å². The Morgan fingerprint density at radius 3 is 2.14 bits per heavy atom. The lowest BCUT2D eigenvalue weighted by molar-refractivity contribution is -0.141. The number of nitrogens with one attached hydrogen (secondary N) is 1. The molecule has 1 fully saturated rings. The highest BCUT2D eigenvalue weighted by molar-refractivity contribution is 7.89. The monoisotopic (exact) mass is 604 g/mol. The number of carboxylic acid groups (broad SMARTS) is 1. The van der Waals surface area contributed by atoms with Crippen LogP contribution in [0.25, 0.3) is 11.1 Å². The van der Waals surface area contributed by atoms with Crippen LogP contribution >= 0.6 is 0 Å². The first-order chi connectivity index (χ1) is 20.8. The number of carbonyl (C=O) groups excluding carboxylic acids is 1. The Bertz CT molecular complexity index is 1490. The molecule has 0 aliphatic heterocycles. The first kappa shape index (κ1) is 30.8. The van der Waals surface area contributed by atoms with Gasteiger partial charge in [-0.1, -0.05) is 79.1 Å². The average Bonchev–Trinajstić information content (AvgIpc) is 3.63. The lowest BCUT2D eigenvalue weighted by atomic mass is 9.98. The number of aryl methyl sites for hydroxylation is 1. The zero-order chi connectivity index (χ0) is 30.4. The Morgan fingerprint density at radius 1 is 0.930 bits per heavy atom. The molecule has 1 amide bonds. The summed E-state index contributed by atoms with van der Waals surface area (Å²) in [6.45, 7) is 2.60. The summed E-state index contributed by atoms with van der Waals surface area (Å²) in [5.41, 5.74) is 5.52. The number of sulfonamides is 1. The van der Waals surface area contributed by atoms with Crippen molar-refractivity contribution in [2.24, 2.45) is 5.92 Å². The molecule has 2 aliphatic rings. The van der Waals surface area contributed by atoms with Crippen molar-refractivity contribution in [2.45, 2.75) is 68.7 Å². The second-order valence-corrected chi connectivity index (χ2v) is 13.5. The van der Waals surface area contributed by atoms with Crippen molar-refractivity contribution < 1.29 is 27.9 Å². The van der Waals surface area contributed by atoms with E-state index in [2.05, 4.69) is 29.6 Å². The molecule has 1 atom stereocenters. The van der Waals surface area contributed by atoms with Crippen molar-refractivity contribution in [2.75, 3.05) is 19.7 Å². The van der Waals surface area contributed by atoms with Crippen LogP contribution in [0.4, 0.5) is 4.79 Å². The summed E-state index contributed by atoms with van der Waals surface area (Å²) in [6, 6.07) is 21.7. The van der Waals surface area contributed by atoms with Gasteiger partial charge in [0.2, 0.25) is 10.0 Å². The molecule has 5 rings (SSSR count). The summed E-state index contributed by atoms with van der Waals surface area (Å²) in [7, 11) is -4.00. The summed E-state index contributed by atoms with van der Waals surface area (Å²) in [5.74, 6) is -1.04. The number of hydrogen-bond acceptors (Lipinski definition) is 5. The van der Waals surface area contributed by atoms with Crippen molar-refractivity contribution >= 4 is 22.1 Å². The minimum absolute atomic E-state index is 0.0317. The molecule has 8 nitrogen and oxygen atoms in total. The lowest BCUT2D eigenvalue weighted by Gasteiger charge is -2.30. The second-order valence-electron chi connectivity index (χ2n) is 11.6. The van der Waals surface area contributed by atoms with Crippen LogP contribution in [0.15, 0.2) is 77.7 Å². The van der Waals surface area contributed by atoms with Crippen LogP contribution in [0.3, 0.4) is 0 Å². The van der Waals surface area contributed by atoms with Gasteiger partial charge in [-0.3, -0.25) is 4.79 Å². The maximum Gasteiger partial charge on any atom is 0.407 e. The molecular formula is C34H40N2O6S. The fourth-order valence-electron chi connectivity index (χ4n) is 6.38. The Morgan fingerprint density at radius 2 is 1.53 bits per heavy atom. The van der Waals surface area contributed by atoms with Gasteiger partial charge >= 0.3 is 12.1 Å². The van der Waals surface area contributed by atoms with Crippen molar-refractivity contribution in [3.63, 3.8) is 0 Å². The highest BCUT2D eigenvalue weighted by atomic mass is 32.2. The van der Waals surface area contributed by atoms with Gasteiger partial charge in [0.1, 0.15) is 12.6 Å². The molecule has 0 spiro atoms. The minimum atomic E-state index is -4.00. The number of fused-ring (bicyclic) bond motifs is 3. The van der Waals surface area contributed by atoms with E-state index < -0.39 is 28.1 Å². The molecule has 228 valence electrons. The molecule has 3 aromatic rings. The normalized spacial score (nSPS) is 15.7. The smallest absolute Gasteiger partial charge is 0.407 e. The summed E-state index contributed by atoms with van der Waals surface area (Å²) in [5, 5.41) is 12.9. The molecule has 2 aliphatic carbocycles. The highest BCUT2D eigenvalue weighted by Crippen LogP contribution is 2.44. The minimum Gasteiger partial charge on any atom is -0.480 e. The van der Waals surface area contributed by atoms with E-state index in [0.29, 0.717) is 19.4 Å². The number of rotatable bonds is 13. The molecule has 9 heteroatoms. The van der Waals surface area contributed by atoms with E-state index in [0.717, 1.165) is 53.5 Å². The number of carbonyl (C=O) groups is 2. The number of unbranched alkanes of at least 4 members (excludes halogenated alkanes) is 1. The summed E-state index contributed by atoms with van der Waals surface area (Å²) in [6.07, 6.45) is 4.42. The van der Waals surface area contributed by atoms with E-state index in [1.807, 2.05) is 31.2 Å². The Kier molecular flexibility index (Phi) is 9.82. The van der Waals surface area contributed by atoms with E-state index in [-0.39, 0.29) is 36.3 Å². The van der Waals surface area contributed by atoms with Gasteiger partial charge < -0.3 is 15.2 Å². The second kappa shape index (κ2) is 13.7. The Balaban J connectivity index is 1.15. The van der Waals surface area contributed by atoms with Crippen LogP contribution in [0, 0.1) is 12.8 Å². The number of ether oxygens (including phenoxy) is 1. The van der Waals surface area contributed by atoms with Crippen LogP contribution in [-0.4, -0.2) is 55.6 Å². The highest BCUT2D eigenvalue weighted by Gasteiger charge is 2.37. The van der Waals surface area contributed by atoms with Crippen LogP contribution in [0.5, 0.6) is 0 Å². The van der Waals surface area contributed by atoms with Crippen LogP contribution in [-0.2, 0) is 19.6 Å². The zero-order valence-corrected chi connectivity index (χ0v) is 25.4. The Hall–Kier alpha value is -3.69. The third kappa shape index (κ3) is 7.11. The van der Waals surface area contributed by atoms with E-state index in [9.17, 15) is 23.1 Å². The van der Waals surface area contributed by atoms with E-state index in [4.69, 9.17) is 4.74 Å². The fourth-order valence-corrected chi connectivity index (χ4v) is 8.07. The van der Waals surface area contributed by atoms with Gasteiger partial charge in [-0.25, -0.2) is 13.2 Å². The van der Waals surface area contributed by atoms with Gasteiger partial charge in [0.15, 0.2) is 0 Å². The first-order valence-corrected chi connectivity index (χ1v) is 16.6. The molecule has 0 unspecified atom stereocenters. The van der Waals surface area contributed by atoms with Crippen molar-refractivity contribution in [3.05, 3.63) is 89.5 Å².